The first-order valence-corrected chi connectivity index (χ1v) is 8.72. The summed E-state index contributed by atoms with van der Waals surface area (Å²) in [6.07, 6.45) is 3.52. The normalized spacial score (nSPS) is 10.6. The van der Waals surface area contributed by atoms with Crippen molar-refractivity contribution in [2.75, 3.05) is 5.32 Å². The summed E-state index contributed by atoms with van der Waals surface area (Å²) < 4.78 is 15.0. The number of hydrogen-bond acceptors (Lipinski definition) is 3. The number of pyridine rings is 1. The van der Waals surface area contributed by atoms with E-state index in [2.05, 4.69) is 15.4 Å². The number of aryl methyl sites for hydroxylation is 1. The van der Waals surface area contributed by atoms with Crippen LogP contribution >= 0.6 is 0 Å². The molecule has 0 aliphatic heterocycles. The Labute approximate surface area is 161 Å². The van der Waals surface area contributed by atoms with Crippen molar-refractivity contribution in [2.24, 2.45) is 7.05 Å². The lowest BCUT2D eigenvalue weighted by Crippen LogP contribution is -2.12. The topological polar surface area (TPSA) is 59.8 Å². The largest absolute Gasteiger partial charge is 0.307 e. The molecule has 1 N–H and O–H groups in total. The summed E-state index contributed by atoms with van der Waals surface area (Å²) >= 11 is 0. The van der Waals surface area contributed by atoms with Gasteiger partial charge in [-0.2, -0.15) is 5.10 Å². The molecule has 0 saturated carbocycles. The number of hydrogen-bond donors (Lipinski definition) is 1. The second kappa shape index (κ2) is 7.44. The molecular weight excluding hydrogens is 355 g/mol. The second-order valence-corrected chi connectivity index (χ2v) is 6.32. The standard InChI is InChI=1S/C22H17FN4O/c1-27-14-19(21(26-27)15-7-9-18(23)10-8-15)17-11-12-24-20(13-17)25-22(28)16-5-3-2-4-6-16/h2-14H,1H3,(H,24,25,28). The Morgan fingerprint density at radius 1 is 1.00 bits per heavy atom. The molecule has 0 bridgehead atoms. The Kier molecular flexibility index (Phi) is 4.68. The van der Waals surface area contributed by atoms with E-state index in [1.165, 1.54) is 12.1 Å². The van der Waals surface area contributed by atoms with Crippen LogP contribution in [0.25, 0.3) is 22.4 Å². The Morgan fingerprint density at radius 3 is 2.50 bits per heavy atom. The minimum absolute atomic E-state index is 0.227. The fourth-order valence-electron chi connectivity index (χ4n) is 2.97. The summed E-state index contributed by atoms with van der Waals surface area (Å²) in [4.78, 5) is 16.6. The van der Waals surface area contributed by atoms with Crippen LogP contribution < -0.4 is 5.32 Å². The van der Waals surface area contributed by atoms with Gasteiger partial charge in [0.2, 0.25) is 0 Å². The Morgan fingerprint density at radius 2 is 1.75 bits per heavy atom. The molecule has 0 radical (unpaired) electrons. The molecule has 4 aromatic rings. The molecule has 2 aromatic heterocycles. The smallest absolute Gasteiger partial charge is 0.256 e. The Hall–Kier alpha value is -3.80. The van der Waals surface area contributed by atoms with Crippen molar-refractivity contribution in [3.05, 3.63) is 90.5 Å². The number of nitrogens with zero attached hydrogens (tertiary/aromatic N) is 3. The molecular formula is C22H17FN4O. The lowest BCUT2D eigenvalue weighted by atomic mass is 10.0. The Bertz CT molecular complexity index is 1120. The van der Waals surface area contributed by atoms with E-state index in [1.54, 1.807) is 41.2 Å². The molecule has 2 aromatic carbocycles. The van der Waals surface area contributed by atoms with Gasteiger partial charge < -0.3 is 5.32 Å². The molecule has 0 unspecified atom stereocenters. The van der Waals surface area contributed by atoms with Crippen molar-refractivity contribution >= 4 is 11.7 Å². The summed E-state index contributed by atoms with van der Waals surface area (Å²) in [5, 5.41) is 7.33. The van der Waals surface area contributed by atoms with Crippen LogP contribution in [-0.4, -0.2) is 20.7 Å². The maximum Gasteiger partial charge on any atom is 0.256 e. The van der Waals surface area contributed by atoms with E-state index >= 15 is 0 Å². The lowest BCUT2D eigenvalue weighted by Gasteiger charge is -2.07. The van der Waals surface area contributed by atoms with Crippen molar-refractivity contribution in [3.8, 4) is 22.4 Å². The van der Waals surface area contributed by atoms with Crippen molar-refractivity contribution < 1.29 is 9.18 Å². The number of halogens is 1. The maximum atomic E-state index is 13.3. The molecule has 28 heavy (non-hydrogen) atoms. The van der Waals surface area contributed by atoms with Crippen LogP contribution in [0.1, 0.15) is 10.4 Å². The lowest BCUT2D eigenvalue weighted by molar-refractivity contribution is 0.102. The monoisotopic (exact) mass is 372 g/mol. The van der Waals surface area contributed by atoms with Gasteiger partial charge in [-0.15, -0.1) is 0 Å². The number of carbonyl (C=O) groups excluding carboxylic acids is 1. The minimum Gasteiger partial charge on any atom is -0.307 e. The van der Waals surface area contributed by atoms with Crippen molar-refractivity contribution in [1.29, 1.82) is 0 Å². The molecule has 4 rings (SSSR count). The fourth-order valence-corrected chi connectivity index (χ4v) is 2.97. The number of benzene rings is 2. The molecule has 0 spiro atoms. The van der Waals surface area contributed by atoms with Crippen LogP contribution in [0.5, 0.6) is 0 Å². The molecule has 1 amide bonds. The van der Waals surface area contributed by atoms with E-state index in [0.29, 0.717) is 11.4 Å². The van der Waals surface area contributed by atoms with Crippen LogP contribution in [0.3, 0.4) is 0 Å². The van der Waals surface area contributed by atoms with E-state index in [0.717, 1.165) is 22.4 Å². The van der Waals surface area contributed by atoms with E-state index < -0.39 is 0 Å². The summed E-state index contributed by atoms with van der Waals surface area (Å²) in [6.45, 7) is 0. The van der Waals surface area contributed by atoms with Crippen LogP contribution in [0.2, 0.25) is 0 Å². The molecule has 0 atom stereocenters. The SMILES string of the molecule is Cn1cc(-c2ccnc(NC(=O)c3ccccc3)c2)c(-c2ccc(F)cc2)n1. The summed E-state index contributed by atoms with van der Waals surface area (Å²) in [5.74, 6) is -0.0773. The third-order valence-corrected chi connectivity index (χ3v) is 4.29. The van der Waals surface area contributed by atoms with Gasteiger partial charge in [0.25, 0.3) is 5.91 Å². The molecule has 0 aliphatic rings. The summed E-state index contributed by atoms with van der Waals surface area (Å²) in [7, 11) is 1.83. The first-order valence-electron chi connectivity index (χ1n) is 8.72. The number of anilines is 1. The molecule has 0 aliphatic carbocycles. The average molecular weight is 372 g/mol. The van der Waals surface area contributed by atoms with Crippen molar-refractivity contribution in [1.82, 2.24) is 14.8 Å². The number of amides is 1. The highest BCUT2D eigenvalue weighted by molar-refractivity contribution is 6.04. The molecule has 0 fully saturated rings. The molecule has 5 nitrogen and oxygen atoms in total. The Balaban J connectivity index is 1.67. The zero-order valence-corrected chi connectivity index (χ0v) is 15.1. The van der Waals surface area contributed by atoms with Gasteiger partial charge in [0.05, 0.1) is 0 Å². The van der Waals surface area contributed by atoms with Crippen LogP contribution in [-0.2, 0) is 7.05 Å². The van der Waals surface area contributed by atoms with Crippen LogP contribution in [0.15, 0.2) is 79.1 Å². The second-order valence-electron chi connectivity index (χ2n) is 6.32. The van der Waals surface area contributed by atoms with Gasteiger partial charge in [-0.25, -0.2) is 9.37 Å². The van der Waals surface area contributed by atoms with Crippen molar-refractivity contribution in [3.63, 3.8) is 0 Å². The minimum atomic E-state index is -0.295. The number of aromatic nitrogens is 3. The predicted octanol–water partition coefficient (Wildman–Crippen LogP) is 4.54. The molecule has 6 heteroatoms. The van der Waals surface area contributed by atoms with Gasteiger partial charge in [-0.05, 0) is 54.1 Å². The third-order valence-electron chi connectivity index (χ3n) is 4.29. The summed E-state index contributed by atoms with van der Waals surface area (Å²) in [6, 6.07) is 18.8. The zero-order valence-electron chi connectivity index (χ0n) is 15.1. The van der Waals surface area contributed by atoms with Gasteiger partial charge in [-0.3, -0.25) is 9.48 Å². The molecule has 0 saturated heterocycles. The van der Waals surface area contributed by atoms with Gasteiger partial charge in [0.15, 0.2) is 0 Å². The third kappa shape index (κ3) is 3.66. The highest BCUT2D eigenvalue weighted by atomic mass is 19.1. The highest BCUT2D eigenvalue weighted by Gasteiger charge is 2.14. The average Bonchev–Trinajstić information content (AvgIpc) is 3.11. The van der Waals surface area contributed by atoms with Gasteiger partial charge >= 0.3 is 0 Å². The van der Waals surface area contributed by atoms with Gasteiger partial charge in [0, 0.05) is 36.1 Å². The predicted molar refractivity (Wildman–Crippen MR) is 106 cm³/mol. The zero-order chi connectivity index (χ0) is 19.5. The van der Waals surface area contributed by atoms with Gasteiger partial charge in [-0.1, -0.05) is 18.2 Å². The van der Waals surface area contributed by atoms with Crippen molar-refractivity contribution in [2.45, 2.75) is 0 Å². The van der Waals surface area contributed by atoms with E-state index in [1.807, 2.05) is 37.5 Å². The van der Waals surface area contributed by atoms with Gasteiger partial charge in [0.1, 0.15) is 17.3 Å². The van der Waals surface area contributed by atoms with E-state index in [4.69, 9.17) is 0 Å². The maximum absolute atomic E-state index is 13.3. The first kappa shape index (κ1) is 17.6. The summed E-state index contributed by atoms with van der Waals surface area (Å²) in [5.41, 5.74) is 3.82. The molecule has 2 heterocycles. The fraction of sp³-hybridized carbons (Fsp3) is 0.0455. The first-order chi connectivity index (χ1) is 13.6. The van der Waals surface area contributed by atoms with Crippen LogP contribution in [0.4, 0.5) is 10.2 Å². The van der Waals surface area contributed by atoms with Crippen LogP contribution in [0, 0.1) is 5.82 Å². The highest BCUT2D eigenvalue weighted by Crippen LogP contribution is 2.31. The number of carbonyl (C=O) groups is 1. The molecule has 138 valence electrons. The number of rotatable bonds is 4. The quantitative estimate of drug-likeness (QED) is 0.572. The number of nitrogens with one attached hydrogen (secondary N) is 1. The van der Waals surface area contributed by atoms with E-state index in [-0.39, 0.29) is 11.7 Å². The van der Waals surface area contributed by atoms with E-state index in [9.17, 15) is 9.18 Å².